The fourth-order valence-electron chi connectivity index (χ4n) is 1.96. The molecule has 0 saturated heterocycles. The number of benzene rings is 2. The monoisotopic (exact) mass is 252 g/mol. The van der Waals surface area contributed by atoms with Crippen LogP contribution in [-0.4, -0.2) is 11.9 Å². The van der Waals surface area contributed by atoms with Gasteiger partial charge in [0.15, 0.2) is 5.78 Å². The van der Waals surface area contributed by atoms with E-state index in [-0.39, 0.29) is 5.78 Å². The molecule has 0 amide bonds. The molecular weight excluding hydrogens is 236 g/mol. The molecule has 1 aliphatic rings. The average Bonchev–Trinajstić information content (AvgIpc) is 3.23. The van der Waals surface area contributed by atoms with Crippen LogP contribution in [0.1, 0.15) is 34.3 Å². The van der Waals surface area contributed by atoms with Crippen molar-refractivity contribution in [2.45, 2.75) is 25.9 Å². The highest BCUT2D eigenvalue weighted by molar-refractivity contribution is 6.09. The van der Waals surface area contributed by atoms with E-state index >= 15 is 0 Å². The lowest BCUT2D eigenvalue weighted by Crippen LogP contribution is -2.02. The molecule has 1 aliphatic carbocycles. The van der Waals surface area contributed by atoms with Crippen molar-refractivity contribution in [3.8, 4) is 5.75 Å². The zero-order chi connectivity index (χ0) is 13.2. The Kier molecular flexibility index (Phi) is 3.08. The maximum atomic E-state index is 12.4. The molecule has 2 heteroatoms. The molecule has 2 aromatic carbocycles. The number of ketones is 1. The highest BCUT2D eigenvalue weighted by Crippen LogP contribution is 2.27. The molecule has 0 N–H and O–H groups in total. The summed E-state index contributed by atoms with van der Waals surface area (Å²) in [5.74, 6) is 0.835. The summed E-state index contributed by atoms with van der Waals surface area (Å²) in [6.07, 6.45) is 2.59. The molecule has 96 valence electrons. The molecule has 19 heavy (non-hydrogen) atoms. The summed E-state index contributed by atoms with van der Waals surface area (Å²) in [5, 5.41) is 0. The van der Waals surface area contributed by atoms with Crippen LogP contribution in [0.3, 0.4) is 0 Å². The summed E-state index contributed by atoms with van der Waals surface area (Å²) in [6.45, 7) is 2.01. The van der Waals surface area contributed by atoms with Gasteiger partial charge >= 0.3 is 0 Å². The minimum Gasteiger partial charge on any atom is -0.490 e. The van der Waals surface area contributed by atoms with Crippen LogP contribution in [0.15, 0.2) is 48.5 Å². The smallest absolute Gasteiger partial charge is 0.193 e. The third-order valence-corrected chi connectivity index (χ3v) is 3.24. The third-order valence-electron chi connectivity index (χ3n) is 3.24. The van der Waals surface area contributed by atoms with Crippen molar-refractivity contribution < 1.29 is 9.53 Å². The van der Waals surface area contributed by atoms with Gasteiger partial charge in [0.1, 0.15) is 5.75 Å². The van der Waals surface area contributed by atoms with Crippen LogP contribution in [0, 0.1) is 6.92 Å². The number of carbonyl (C=O) groups is 1. The lowest BCUT2D eigenvalue weighted by Gasteiger charge is -2.06. The normalized spacial score (nSPS) is 14.2. The zero-order valence-electron chi connectivity index (χ0n) is 10.9. The first-order valence-electron chi connectivity index (χ1n) is 6.60. The van der Waals surface area contributed by atoms with E-state index in [0.717, 1.165) is 24.2 Å². The van der Waals surface area contributed by atoms with Crippen LogP contribution in [0.25, 0.3) is 0 Å². The number of rotatable bonds is 4. The maximum absolute atomic E-state index is 12.4. The number of hydrogen-bond acceptors (Lipinski definition) is 2. The van der Waals surface area contributed by atoms with E-state index in [4.69, 9.17) is 4.74 Å². The molecular formula is C17H16O2. The minimum absolute atomic E-state index is 0.0428. The summed E-state index contributed by atoms with van der Waals surface area (Å²) < 4.78 is 5.72. The zero-order valence-corrected chi connectivity index (χ0v) is 10.9. The van der Waals surface area contributed by atoms with Gasteiger partial charge in [0.05, 0.1) is 6.10 Å². The Bertz CT molecular complexity index is 595. The molecule has 0 spiro atoms. The highest BCUT2D eigenvalue weighted by Gasteiger charge is 2.23. The summed E-state index contributed by atoms with van der Waals surface area (Å²) in [4.78, 5) is 12.4. The van der Waals surface area contributed by atoms with Gasteiger partial charge in [-0.25, -0.2) is 0 Å². The molecule has 0 radical (unpaired) electrons. The van der Waals surface area contributed by atoms with Gasteiger partial charge in [0, 0.05) is 11.1 Å². The van der Waals surface area contributed by atoms with E-state index in [1.165, 1.54) is 0 Å². The Balaban J connectivity index is 1.84. The van der Waals surface area contributed by atoms with Crippen LogP contribution in [-0.2, 0) is 0 Å². The molecule has 2 nitrogen and oxygen atoms in total. The lowest BCUT2D eigenvalue weighted by molar-refractivity contribution is 0.103. The Morgan fingerprint density at radius 1 is 1.05 bits per heavy atom. The largest absolute Gasteiger partial charge is 0.490 e. The van der Waals surface area contributed by atoms with E-state index in [9.17, 15) is 4.79 Å². The first kappa shape index (κ1) is 12.0. The lowest BCUT2D eigenvalue weighted by atomic mass is 10.0. The van der Waals surface area contributed by atoms with Crippen LogP contribution >= 0.6 is 0 Å². The maximum Gasteiger partial charge on any atom is 0.193 e. The fourth-order valence-corrected chi connectivity index (χ4v) is 1.96. The van der Waals surface area contributed by atoms with Gasteiger partial charge in [-0.15, -0.1) is 0 Å². The van der Waals surface area contributed by atoms with Gasteiger partial charge in [-0.05, 0) is 31.9 Å². The van der Waals surface area contributed by atoms with E-state index in [1.807, 2.05) is 55.5 Å². The van der Waals surface area contributed by atoms with Crippen molar-refractivity contribution >= 4 is 5.78 Å². The number of ether oxygens (including phenoxy) is 1. The Morgan fingerprint density at radius 3 is 2.47 bits per heavy atom. The molecule has 0 aliphatic heterocycles. The third kappa shape index (κ3) is 2.84. The van der Waals surface area contributed by atoms with Gasteiger partial charge in [-0.2, -0.15) is 0 Å². The molecule has 0 aromatic heterocycles. The molecule has 0 atom stereocenters. The van der Waals surface area contributed by atoms with Crippen molar-refractivity contribution in [1.29, 1.82) is 0 Å². The van der Waals surface area contributed by atoms with Crippen LogP contribution in [0.4, 0.5) is 0 Å². The van der Waals surface area contributed by atoms with Crippen molar-refractivity contribution in [2.24, 2.45) is 0 Å². The summed E-state index contributed by atoms with van der Waals surface area (Å²) >= 11 is 0. The van der Waals surface area contributed by atoms with Crippen molar-refractivity contribution in [3.05, 3.63) is 65.2 Å². The Labute approximate surface area is 113 Å². The second kappa shape index (κ2) is 4.88. The van der Waals surface area contributed by atoms with Crippen LogP contribution < -0.4 is 4.74 Å². The topological polar surface area (TPSA) is 26.3 Å². The minimum atomic E-state index is 0.0428. The molecule has 0 heterocycles. The van der Waals surface area contributed by atoms with E-state index < -0.39 is 0 Å². The standard InChI is InChI=1S/C17H16O2/c1-12-5-7-13(8-6-12)17(18)14-3-2-4-16(11-14)19-15-9-10-15/h2-8,11,15H,9-10H2,1H3. The second-order valence-electron chi connectivity index (χ2n) is 5.04. The number of aryl methyl sites for hydroxylation is 1. The molecule has 3 rings (SSSR count). The molecule has 1 saturated carbocycles. The summed E-state index contributed by atoms with van der Waals surface area (Å²) in [5.41, 5.74) is 2.55. The number of carbonyl (C=O) groups excluding carboxylic acids is 1. The van der Waals surface area contributed by atoms with Gasteiger partial charge in [-0.3, -0.25) is 4.79 Å². The predicted octanol–water partition coefficient (Wildman–Crippen LogP) is 3.77. The molecule has 2 aromatic rings. The Hall–Kier alpha value is -2.09. The van der Waals surface area contributed by atoms with E-state index in [2.05, 4.69) is 0 Å². The Morgan fingerprint density at radius 2 is 1.79 bits per heavy atom. The molecule has 1 fully saturated rings. The summed E-state index contributed by atoms with van der Waals surface area (Å²) in [6, 6.07) is 15.1. The predicted molar refractivity (Wildman–Crippen MR) is 74.7 cm³/mol. The quantitative estimate of drug-likeness (QED) is 0.774. The van der Waals surface area contributed by atoms with Gasteiger partial charge < -0.3 is 4.74 Å². The second-order valence-corrected chi connectivity index (χ2v) is 5.04. The summed E-state index contributed by atoms with van der Waals surface area (Å²) in [7, 11) is 0. The highest BCUT2D eigenvalue weighted by atomic mass is 16.5. The van der Waals surface area contributed by atoms with Crippen molar-refractivity contribution in [3.63, 3.8) is 0 Å². The molecule has 0 unspecified atom stereocenters. The number of hydrogen-bond donors (Lipinski definition) is 0. The van der Waals surface area contributed by atoms with E-state index in [1.54, 1.807) is 0 Å². The van der Waals surface area contributed by atoms with Crippen molar-refractivity contribution in [2.75, 3.05) is 0 Å². The fraction of sp³-hybridized carbons (Fsp3) is 0.235. The van der Waals surface area contributed by atoms with Gasteiger partial charge in [0.25, 0.3) is 0 Å². The average molecular weight is 252 g/mol. The van der Waals surface area contributed by atoms with Crippen molar-refractivity contribution in [1.82, 2.24) is 0 Å². The molecule has 0 bridgehead atoms. The van der Waals surface area contributed by atoms with Gasteiger partial charge in [0.2, 0.25) is 0 Å². The first-order chi connectivity index (χ1) is 9.22. The first-order valence-corrected chi connectivity index (χ1v) is 6.60. The van der Waals surface area contributed by atoms with E-state index in [0.29, 0.717) is 17.2 Å². The van der Waals surface area contributed by atoms with Crippen LogP contribution in [0.5, 0.6) is 5.75 Å². The van der Waals surface area contributed by atoms with Gasteiger partial charge in [-0.1, -0.05) is 42.0 Å². The van der Waals surface area contributed by atoms with Crippen LogP contribution in [0.2, 0.25) is 0 Å². The SMILES string of the molecule is Cc1ccc(C(=O)c2cccc(OC3CC3)c2)cc1.